The summed E-state index contributed by atoms with van der Waals surface area (Å²) in [7, 11) is -0.956. The third kappa shape index (κ3) is 3.17. The van der Waals surface area contributed by atoms with Gasteiger partial charge < -0.3 is 9.31 Å². The lowest BCUT2D eigenvalue weighted by Gasteiger charge is -2.32. The molecule has 2 aliphatic carbocycles. The van der Waals surface area contributed by atoms with Gasteiger partial charge in [-0.3, -0.25) is 0 Å². The number of hydrogen-bond acceptors (Lipinski definition) is 3. The predicted octanol–water partition coefficient (Wildman–Crippen LogP) is 5.40. The van der Waals surface area contributed by atoms with Crippen LogP contribution in [0.25, 0.3) is 11.3 Å². The van der Waals surface area contributed by atoms with Gasteiger partial charge in [0.15, 0.2) is 0 Å². The topological polar surface area (TPSA) is 36.3 Å². The van der Waals surface area contributed by atoms with Crippen molar-refractivity contribution in [3.8, 4) is 5.69 Å². The first kappa shape index (κ1) is 19.1. The molecule has 2 aromatic rings. The van der Waals surface area contributed by atoms with Crippen LogP contribution in [0, 0.1) is 0 Å². The van der Waals surface area contributed by atoms with Crippen LogP contribution < -0.4 is 0 Å². The molecule has 0 amide bonds. The average Bonchev–Trinajstić information content (AvgIpc) is 3.40. The first-order valence-corrected chi connectivity index (χ1v) is 10.7. The van der Waals surface area contributed by atoms with E-state index in [1.807, 2.05) is 32.4 Å². The number of halogens is 1. The zero-order chi connectivity index (χ0) is 20.4. The van der Waals surface area contributed by atoms with E-state index in [2.05, 4.69) is 29.4 Å². The quantitative estimate of drug-likeness (QED) is 0.655. The number of aromatic nitrogens is 2. The van der Waals surface area contributed by atoms with Crippen molar-refractivity contribution in [2.75, 3.05) is 0 Å². The van der Waals surface area contributed by atoms with Crippen molar-refractivity contribution in [3.63, 3.8) is 0 Å². The van der Waals surface area contributed by atoms with E-state index >= 15 is 4.39 Å². The Bertz CT molecular complexity index is 957. The molecule has 1 saturated carbocycles. The Morgan fingerprint density at radius 3 is 2.34 bits per heavy atom. The van der Waals surface area contributed by atoms with Crippen LogP contribution in [0.5, 0.6) is 0 Å². The standard InChI is InChI=1S/C23H28BFN2O2/c1-22(2)23(3,4)29-24(28-22)21(25)18-6-5-7-20-19(18)14-26-27(20)17-12-10-16(11-13-17)15-8-9-15/h10-15H,5-9H2,1-4H3. The summed E-state index contributed by atoms with van der Waals surface area (Å²) in [5.74, 6) is 0.735. The van der Waals surface area contributed by atoms with E-state index in [0.717, 1.165) is 35.7 Å². The van der Waals surface area contributed by atoms with Crippen LogP contribution in [-0.2, 0) is 15.7 Å². The molecule has 0 N–H and O–H groups in total. The van der Waals surface area contributed by atoms with Crippen LogP contribution in [0.1, 0.15) is 76.1 Å². The maximum absolute atomic E-state index is 15.5. The zero-order valence-corrected chi connectivity index (χ0v) is 17.7. The second kappa shape index (κ2) is 6.54. The molecule has 29 heavy (non-hydrogen) atoms. The number of benzene rings is 1. The Morgan fingerprint density at radius 2 is 1.72 bits per heavy atom. The van der Waals surface area contributed by atoms with Crippen molar-refractivity contribution in [3.05, 3.63) is 53.0 Å². The second-order valence-corrected chi connectivity index (χ2v) is 9.55. The Morgan fingerprint density at radius 1 is 1.07 bits per heavy atom. The number of hydrogen-bond donors (Lipinski definition) is 0. The second-order valence-electron chi connectivity index (χ2n) is 9.55. The molecule has 1 aliphatic heterocycles. The molecule has 0 bridgehead atoms. The van der Waals surface area contributed by atoms with Gasteiger partial charge in [-0.25, -0.2) is 9.07 Å². The zero-order valence-electron chi connectivity index (χ0n) is 17.7. The summed E-state index contributed by atoms with van der Waals surface area (Å²) in [6.07, 6.45) is 6.84. The van der Waals surface area contributed by atoms with Gasteiger partial charge in [-0.1, -0.05) is 12.1 Å². The Kier molecular flexibility index (Phi) is 4.30. The molecule has 0 atom stereocenters. The van der Waals surface area contributed by atoms with Gasteiger partial charge >= 0.3 is 7.12 Å². The van der Waals surface area contributed by atoms with Gasteiger partial charge in [0.1, 0.15) is 5.73 Å². The lowest BCUT2D eigenvalue weighted by Crippen LogP contribution is -2.41. The van der Waals surface area contributed by atoms with Gasteiger partial charge in [0.05, 0.1) is 28.8 Å². The van der Waals surface area contributed by atoms with E-state index in [4.69, 9.17) is 9.31 Å². The van der Waals surface area contributed by atoms with Crippen LogP contribution in [0.15, 0.2) is 36.2 Å². The van der Waals surface area contributed by atoms with Crippen LogP contribution in [-0.4, -0.2) is 28.1 Å². The van der Waals surface area contributed by atoms with Crippen molar-refractivity contribution in [2.45, 2.75) is 76.9 Å². The summed E-state index contributed by atoms with van der Waals surface area (Å²) in [4.78, 5) is 0. The van der Waals surface area contributed by atoms with E-state index < -0.39 is 18.3 Å². The fourth-order valence-electron chi connectivity index (χ4n) is 4.30. The fourth-order valence-corrected chi connectivity index (χ4v) is 4.30. The number of allylic oxidation sites excluding steroid dienone is 1. The Balaban J connectivity index is 1.48. The SMILES string of the molecule is CC1(C)OB(C(F)=C2CCCc3c2cnn3-c2ccc(C3CC3)cc2)OC1(C)C. The maximum Gasteiger partial charge on any atom is 0.525 e. The molecule has 1 saturated heterocycles. The monoisotopic (exact) mass is 394 g/mol. The third-order valence-electron chi connectivity index (χ3n) is 6.97. The number of nitrogens with zero attached hydrogens (tertiary/aromatic N) is 2. The minimum absolute atomic E-state index is 0.312. The molecule has 0 radical (unpaired) electrons. The van der Waals surface area contributed by atoms with Crippen molar-refractivity contribution in [1.29, 1.82) is 0 Å². The minimum Gasteiger partial charge on any atom is -0.398 e. The van der Waals surface area contributed by atoms with E-state index in [0.29, 0.717) is 12.0 Å². The first-order chi connectivity index (χ1) is 13.8. The molecule has 2 heterocycles. The summed E-state index contributed by atoms with van der Waals surface area (Å²) in [5.41, 5.74) is 3.64. The molecule has 6 heteroatoms. The predicted molar refractivity (Wildman–Crippen MR) is 113 cm³/mol. The van der Waals surface area contributed by atoms with Crippen LogP contribution >= 0.6 is 0 Å². The largest absolute Gasteiger partial charge is 0.525 e. The Hall–Kier alpha value is -1.92. The van der Waals surface area contributed by atoms with Crippen molar-refractivity contribution >= 4 is 12.7 Å². The van der Waals surface area contributed by atoms with Crippen LogP contribution in [0.2, 0.25) is 0 Å². The summed E-state index contributed by atoms with van der Waals surface area (Å²) >= 11 is 0. The molecule has 1 aromatic carbocycles. The Labute approximate surface area is 172 Å². The molecule has 5 rings (SSSR count). The molecule has 3 aliphatic rings. The fraction of sp³-hybridized carbons (Fsp3) is 0.522. The lowest BCUT2D eigenvalue weighted by molar-refractivity contribution is 0.00578. The first-order valence-electron chi connectivity index (χ1n) is 10.7. The summed E-state index contributed by atoms with van der Waals surface area (Å²) in [6.45, 7) is 7.78. The summed E-state index contributed by atoms with van der Waals surface area (Å²) < 4.78 is 29.4. The van der Waals surface area contributed by atoms with Gasteiger partial charge in [-0.2, -0.15) is 5.10 Å². The van der Waals surface area contributed by atoms with Crippen LogP contribution in [0.3, 0.4) is 0 Å². The van der Waals surface area contributed by atoms with Crippen molar-refractivity contribution in [2.24, 2.45) is 0 Å². The van der Waals surface area contributed by atoms with E-state index in [1.165, 1.54) is 18.4 Å². The van der Waals surface area contributed by atoms with Gasteiger partial charge in [-0.05, 0) is 89.0 Å². The van der Waals surface area contributed by atoms with Crippen LogP contribution in [0.4, 0.5) is 4.39 Å². The highest BCUT2D eigenvalue weighted by Crippen LogP contribution is 2.43. The van der Waals surface area contributed by atoms with Gasteiger partial charge in [-0.15, -0.1) is 0 Å². The van der Waals surface area contributed by atoms with Crippen molar-refractivity contribution in [1.82, 2.24) is 9.78 Å². The number of rotatable bonds is 3. The normalized spacial score (nSPS) is 24.5. The van der Waals surface area contributed by atoms with Gasteiger partial charge in [0, 0.05) is 5.56 Å². The highest BCUT2D eigenvalue weighted by atomic mass is 19.1. The smallest absolute Gasteiger partial charge is 0.398 e. The molecule has 152 valence electrons. The third-order valence-corrected chi connectivity index (χ3v) is 6.97. The summed E-state index contributed by atoms with van der Waals surface area (Å²) in [6, 6.07) is 8.66. The molecular formula is C23H28BFN2O2. The number of fused-ring (bicyclic) bond motifs is 1. The minimum atomic E-state index is -0.956. The van der Waals surface area contributed by atoms with E-state index in [9.17, 15) is 0 Å². The van der Waals surface area contributed by atoms with E-state index in [-0.39, 0.29) is 5.73 Å². The molecule has 1 aromatic heterocycles. The highest BCUT2D eigenvalue weighted by molar-refractivity contribution is 6.55. The lowest BCUT2D eigenvalue weighted by atomic mass is 9.79. The van der Waals surface area contributed by atoms with Gasteiger partial charge in [0.25, 0.3) is 0 Å². The molecule has 0 spiro atoms. The van der Waals surface area contributed by atoms with E-state index in [1.54, 1.807) is 6.20 Å². The highest BCUT2D eigenvalue weighted by Gasteiger charge is 2.53. The average molecular weight is 394 g/mol. The van der Waals surface area contributed by atoms with Gasteiger partial charge in [0.2, 0.25) is 0 Å². The van der Waals surface area contributed by atoms with Crippen molar-refractivity contribution < 1.29 is 13.7 Å². The molecule has 0 unspecified atom stereocenters. The molecule has 2 fully saturated rings. The molecular weight excluding hydrogens is 366 g/mol. The maximum atomic E-state index is 15.5. The summed E-state index contributed by atoms with van der Waals surface area (Å²) in [5, 5.41) is 4.61. The molecule has 4 nitrogen and oxygen atoms in total.